The predicted molar refractivity (Wildman–Crippen MR) is 125 cm³/mol. The molecule has 0 bridgehead atoms. The van der Waals surface area contributed by atoms with Crippen LogP contribution in [0.3, 0.4) is 0 Å². The maximum Gasteiger partial charge on any atom is 1.00 e. The van der Waals surface area contributed by atoms with Gasteiger partial charge >= 0.3 is 35.5 Å². The summed E-state index contributed by atoms with van der Waals surface area (Å²) in [4.78, 5) is 22.9. The largest absolute Gasteiger partial charge is 1.00 e. The number of nitrogens with two attached hydrogens (primary N) is 1. The van der Waals surface area contributed by atoms with Gasteiger partial charge in [-0.2, -0.15) is 0 Å². The fraction of sp³-hybridized carbons (Fsp3) is 0.154. The van der Waals surface area contributed by atoms with Crippen LogP contribution in [0.15, 0.2) is 72.8 Å². The van der Waals surface area contributed by atoms with E-state index in [1.807, 2.05) is 49.4 Å². The number of hydrogen-bond donors (Lipinski definition) is 2. The van der Waals surface area contributed by atoms with E-state index in [4.69, 9.17) is 15.6 Å². The van der Waals surface area contributed by atoms with Crippen LogP contribution in [0, 0.1) is 6.92 Å². The molecule has 0 saturated heterocycles. The normalized spacial score (nSPS) is 10.6. The number of primary amides is 1. The van der Waals surface area contributed by atoms with Crippen molar-refractivity contribution in [3.63, 3.8) is 0 Å². The van der Waals surface area contributed by atoms with Crippen molar-refractivity contribution in [2.24, 2.45) is 5.73 Å². The first-order valence-corrected chi connectivity index (χ1v) is 10.3. The maximum absolute atomic E-state index is 11.8. The SMILES string of the molecule is Cc1c(CC(N)=O)c2c(OCC(=O)O)cccc2n1Cc1ccccc1-c1ccccc1.[H-].[Na+]. The summed E-state index contributed by atoms with van der Waals surface area (Å²) in [5.41, 5.74) is 11.4. The third-order valence-corrected chi connectivity index (χ3v) is 5.57. The molecule has 0 atom stereocenters. The van der Waals surface area contributed by atoms with Gasteiger partial charge in [0.25, 0.3) is 0 Å². The summed E-state index contributed by atoms with van der Waals surface area (Å²) in [6, 6.07) is 23.9. The number of hydrogen-bond acceptors (Lipinski definition) is 3. The topological polar surface area (TPSA) is 94.6 Å². The van der Waals surface area contributed by atoms with Crippen LogP contribution in [0.1, 0.15) is 18.2 Å². The monoisotopic (exact) mass is 452 g/mol. The third kappa shape index (κ3) is 5.30. The second kappa shape index (κ2) is 10.7. The van der Waals surface area contributed by atoms with Gasteiger partial charge in [0.15, 0.2) is 6.61 Å². The van der Waals surface area contributed by atoms with Crippen LogP contribution in [0.5, 0.6) is 5.75 Å². The minimum Gasteiger partial charge on any atom is -1.00 e. The van der Waals surface area contributed by atoms with Gasteiger partial charge in [0, 0.05) is 17.6 Å². The summed E-state index contributed by atoms with van der Waals surface area (Å²) in [5, 5.41) is 9.77. The molecule has 3 N–H and O–H groups in total. The molecule has 1 aromatic heterocycles. The molecule has 164 valence electrons. The number of carboxylic acid groups (broad SMARTS) is 1. The average Bonchev–Trinajstić information content (AvgIpc) is 3.04. The molecule has 0 spiro atoms. The number of aliphatic carboxylic acids is 1. The van der Waals surface area contributed by atoms with Crippen LogP contribution >= 0.6 is 0 Å². The van der Waals surface area contributed by atoms with Gasteiger partial charge in [0.2, 0.25) is 5.91 Å². The maximum atomic E-state index is 11.8. The van der Waals surface area contributed by atoms with Crippen molar-refractivity contribution in [1.29, 1.82) is 0 Å². The Morgan fingerprint density at radius 2 is 1.70 bits per heavy atom. The third-order valence-electron chi connectivity index (χ3n) is 5.57. The average molecular weight is 452 g/mol. The molecule has 0 radical (unpaired) electrons. The van der Waals surface area contributed by atoms with E-state index in [0.717, 1.165) is 38.9 Å². The smallest absolute Gasteiger partial charge is 1.00 e. The summed E-state index contributed by atoms with van der Waals surface area (Å²) in [6.45, 7) is 2.06. The Morgan fingerprint density at radius 1 is 1.00 bits per heavy atom. The fourth-order valence-electron chi connectivity index (χ4n) is 4.15. The minimum atomic E-state index is -1.06. The summed E-state index contributed by atoms with van der Waals surface area (Å²) in [5.74, 6) is -1.09. The molecule has 1 heterocycles. The van der Waals surface area contributed by atoms with Crippen molar-refractivity contribution in [3.05, 3.63) is 89.6 Å². The van der Waals surface area contributed by atoms with E-state index in [2.05, 4.69) is 28.8 Å². The van der Waals surface area contributed by atoms with Crippen molar-refractivity contribution in [2.75, 3.05) is 6.61 Å². The summed E-state index contributed by atoms with van der Waals surface area (Å²) in [7, 11) is 0. The van der Waals surface area contributed by atoms with Gasteiger partial charge in [-0.25, -0.2) is 4.79 Å². The number of ether oxygens (including phenoxy) is 1. The Morgan fingerprint density at radius 3 is 2.39 bits per heavy atom. The van der Waals surface area contributed by atoms with Crippen LogP contribution in [-0.2, 0) is 22.6 Å². The molecule has 0 saturated carbocycles. The molecule has 0 aliphatic rings. The molecule has 7 heteroatoms. The fourth-order valence-corrected chi connectivity index (χ4v) is 4.15. The van der Waals surface area contributed by atoms with E-state index < -0.39 is 18.5 Å². The van der Waals surface area contributed by atoms with Crippen molar-refractivity contribution in [2.45, 2.75) is 19.9 Å². The molecule has 0 fully saturated rings. The number of amides is 1. The van der Waals surface area contributed by atoms with E-state index in [1.165, 1.54) is 0 Å². The molecule has 33 heavy (non-hydrogen) atoms. The molecular weight excluding hydrogens is 427 g/mol. The molecule has 3 aromatic carbocycles. The van der Waals surface area contributed by atoms with Crippen LogP contribution in [0.2, 0.25) is 0 Å². The van der Waals surface area contributed by atoms with Crippen molar-refractivity contribution >= 4 is 22.8 Å². The van der Waals surface area contributed by atoms with Gasteiger partial charge in [0.1, 0.15) is 5.75 Å². The number of carboxylic acids is 1. The van der Waals surface area contributed by atoms with E-state index in [0.29, 0.717) is 12.3 Å². The number of rotatable bonds is 8. The Kier molecular flexibility index (Phi) is 7.97. The zero-order chi connectivity index (χ0) is 22.7. The number of aromatic nitrogens is 1. The Labute approximate surface area is 215 Å². The second-order valence-electron chi connectivity index (χ2n) is 7.65. The van der Waals surface area contributed by atoms with Crippen LogP contribution in [-0.4, -0.2) is 28.2 Å². The minimum absolute atomic E-state index is 0. The molecule has 4 aromatic rings. The standard InChI is InChI=1S/C26H24N2O4.Na.H/c1-17-21(14-24(27)29)26-22(12-7-13-23(26)32-16-25(30)31)28(17)15-19-10-5-6-11-20(19)18-8-3-2-4-9-18;;/h2-13H,14-16H2,1H3,(H2,27,29)(H,30,31);;/q;+1;-1. The molecule has 1 amide bonds. The van der Waals surface area contributed by atoms with Gasteiger partial charge in [-0.3, -0.25) is 4.79 Å². The van der Waals surface area contributed by atoms with Crippen LogP contribution < -0.4 is 40.0 Å². The molecule has 0 aliphatic carbocycles. The Hall–Kier alpha value is -3.06. The molecule has 0 aliphatic heterocycles. The van der Waals surface area contributed by atoms with Crippen molar-refractivity contribution < 1.29 is 50.4 Å². The number of carbonyl (C=O) groups excluding carboxylic acids is 1. The summed E-state index contributed by atoms with van der Waals surface area (Å²) >= 11 is 0. The summed E-state index contributed by atoms with van der Waals surface area (Å²) in [6.07, 6.45) is 0.0448. The predicted octanol–water partition coefficient (Wildman–Crippen LogP) is 1.27. The van der Waals surface area contributed by atoms with Crippen LogP contribution in [0.4, 0.5) is 0 Å². The van der Waals surface area contributed by atoms with Crippen LogP contribution in [0.25, 0.3) is 22.0 Å². The van der Waals surface area contributed by atoms with Gasteiger partial charge in [-0.05, 0) is 41.3 Å². The molecular formula is C26H25N2NaO4. The second-order valence-corrected chi connectivity index (χ2v) is 7.65. The van der Waals surface area contributed by atoms with Gasteiger partial charge in [-0.15, -0.1) is 0 Å². The first kappa shape index (κ1) is 24.6. The molecule has 4 rings (SSSR count). The van der Waals surface area contributed by atoms with E-state index in [1.54, 1.807) is 6.07 Å². The van der Waals surface area contributed by atoms with Gasteiger partial charge in [0.05, 0.1) is 11.9 Å². The zero-order valence-corrected chi connectivity index (χ0v) is 20.7. The number of nitrogens with zero attached hydrogens (tertiary/aromatic N) is 1. The quantitative estimate of drug-likeness (QED) is 0.394. The summed E-state index contributed by atoms with van der Waals surface area (Å²) < 4.78 is 7.68. The van der Waals surface area contributed by atoms with Gasteiger partial charge in [-0.1, -0.05) is 60.7 Å². The van der Waals surface area contributed by atoms with Gasteiger partial charge < -0.3 is 21.6 Å². The first-order valence-electron chi connectivity index (χ1n) is 10.3. The first-order chi connectivity index (χ1) is 15.5. The Balaban J connectivity index is 0.00000204. The molecule has 6 nitrogen and oxygen atoms in total. The number of carbonyl (C=O) groups is 2. The molecule has 0 unspecified atom stereocenters. The zero-order valence-electron chi connectivity index (χ0n) is 19.7. The van der Waals surface area contributed by atoms with E-state index in [9.17, 15) is 9.59 Å². The van der Waals surface area contributed by atoms with Crippen molar-refractivity contribution in [1.82, 2.24) is 4.57 Å². The number of benzene rings is 3. The number of fused-ring (bicyclic) bond motifs is 1. The Bertz CT molecular complexity index is 1310. The van der Waals surface area contributed by atoms with E-state index >= 15 is 0 Å². The van der Waals surface area contributed by atoms with Crippen molar-refractivity contribution in [3.8, 4) is 16.9 Å². The van der Waals surface area contributed by atoms with E-state index in [-0.39, 0.29) is 37.4 Å².